The van der Waals surface area contributed by atoms with Gasteiger partial charge in [-0.15, -0.1) is 0 Å². The molecule has 0 spiro atoms. The molecule has 1 aromatic rings. The minimum absolute atomic E-state index is 0.00160. The highest BCUT2D eigenvalue weighted by Gasteiger charge is 2.28. The van der Waals surface area contributed by atoms with E-state index in [0.29, 0.717) is 6.42 Å². The Hall–Kier alpha value is -1.84. The van der Waals surface area contributed by atoms with Crippen molar-refractivity contribution in [2.75, 3.05) is 0 Å². The zero-order valence-corrected chi connectivity index (χ0v) is 9.60. The van der Waals surface area contributed by atoms with Gasteiger partial charge in [-0.1, -0.05) is 30.3 Å². The van der Waals surface area contributed by atoms with Crippen LogP contribution < -0.4 is 5.73 Å². The molecule has 1 aliphatic carbocycles. The Kier molecular flexibility index (Phi) is 3.13. The number of benzene rings is 1. The number of nitrogens with zero attached hydrogens (tertiary/aromatic N) is 1. The molecule has 1 aromatic carbocycles. The summed E-state index contributed by atoms with van der Waals surface area (Å²) in [5, 5.41) is 11.7. The summed E-state index contributed by atoms with van der Waals surface area (Å²) in [5.74, 6) is 0.186. The first-order valence-corrected chi connectivity index (χ1v) is 5.56. The van der Waals surface area contributed by atoms with Crippen molar-refractivity contribution in [2.24, 2.45) is 22.7 Å². The number of hydrogen-bond acceptors (Lipinski definition) is 2. The minimum Gasteiger partial charge on any atom is -0.409 e. The van der Waals surface area contributed by atoms with Crippen LogP contribution in [-0.4, -0.2) is 11.0 Å². The second-order valence-electron chi connectivity index (χ2n) is 4.40. The van der Waals surface area contributed by atoms with E-state index in [1.165, 1.54) is 12.1 Å². The number of oxime groups is 1. The van der Waals surface area contributed by atoms with Crippen LogP contribution in [0.5, 0.6) is 0 Å². The van der Waals surface area contributed by atoms with E-state index in [1.54, 1.807) is 6.07 Å². The van der Waals surface area contributed by atoms with Crippen molar-refractivity contribution >= 4 is 11.4 Å². The predicted molar refractivity (Wildman–Crippen MR) is 65.1 cm³/mol. The topological polar surface area (TPSA) is 58.6 Å². The molecule has 4 heteroatoms. The lowest BCUT2D eigenvalue weighted by Gasteiger charge is -2.12. The Morgan fingerprint density at radius 2 is 2.29 bits per heavy atom. The third-order valence-corrected chi connectivity index (χ3v) is 3.23. The zero-order chi connectivity index (χ0) is 12.4. The molecule has 0 saturated heterocycles. The molecule has 0 fully saturated rings. The van der Waals surface area contributed by atoms with Crippen LogP contribution in [0.1, 0.15) is 18.9 Å². The molecule has 3 N–H and O–H groups in total. The fourth-order valence-electron chi connectivity index (χ4n) is 2.27. The van der Waals surface area contributed by atoms with Crippen LogP contribution in [0.15, 0.2) is 35.5 Å². The maximum Gasteiger partial charge on any atom is 0.143 e. The Labute approximate surface area is 99.4 Å². The molecular formula is C13H15FN2O. The zero-order valence-electron chi connectivity index (χ0n) is 9.60. The number of rotatable bonds is 2. The first-order valence-electron chi connectivity index (χ1n) is 5.56. The van der Waals surface area contributed by atoms with E-state index < -0.39 is 0 Å². The van der Waals surface area contributed by atoms with Gasteiger partial charge < -0.3 is 10.9 Å². The molecule has 0 radical (unpaired) electrons. The van der Waals surface area contributed by atoms with Gasteiger partial charge in [0.05, 0.1) is 0 Å². The van der Waals surface area contributed by atoms with Crippen molar-refractivity contribution in [3.05, 3.63) is 41.7 Å². The molecule has 0 amide bonds. The maximum absolute atomic E-state index is 13.1. The SMILES string of the molecule is C[C@@H]1C=C(c2cccc(F)c2)C[C@@H]1/C(N)=N/O. The Bertz CT molecular complexity index is 482. The van der Waals surface area contributed by atoms with Gasteiger partial charge in [-0.2, -0.15) is 0 Å². The average molecular weight is 234 g/mol. The first-order chi connectivity index (χ1) is 8.11. The van der Waals surface area contributed by atoms with E-state index in [9.17, 15) is 4.39 Å². The van der Waals surface area contributed by atoms with Crippen molar-refractivity contribution in [1.29, 1.82) is 0 Å². The summed E-state index contributed by atoms with van der Waals surface area (Å²) < 4.78 is 13.1. The molecule has 17 heavy (non-hydrogen) atoms. The number of hydrogen-bond donors (Lipinski definition) is 2. The summed E-state index contributed by atoms with van der Waals surface area (Å²) in [5.41, 5.74) is 7.55. The summed E-state index contributed by atoms with van der Waals surface area (Å²) in [7, 11) is 0. The lowest BCUT2D eigenvalue weighted by atomic mass is 9.95. The summed E-state index contributed by atoms with van der Waals surface area (Å²) in [6, 6.07) is 6.49. The number of halogens is 1. The second-order valence-corrected chi connectivity index (χ2v) is 4.40. The molecule has 0 heterocycles. The van der Waals surface area contributed by atoms with Gasteiger partial charge in [0.15, 0.2) is 0 Å². The van der Waals surface area contributed by atoms with Gasteiger partial charge in [-0.3, -0.25) is 0 Å². The third kappa shape index (κ3) is 2.30. The van der Waals surface area contributed by atoms with E-state index in [1.807, 2.05) is 13.0 Å². The van der Waals surface area contributed by atoms with E-state index in [4.69, 9.17) is 10.9 Å². The van der Waals surface area contributed by atoms with Crippen LogP contribution in [0.25, 0.3) is 5.57 Å². The standard InChI is InChI=1S/C13H15FN2O/c1-8-5-10(7-12(8)13(15)16-17)9-3-2-4-11(14)6-9/h2-6,8,12,17H,7H2,1H3,(H2,15,16)/t8-,12+/m1/s1. The highest BCUT2D eigenvalue weighted by molar-refractivity contribution is 5.87. The van der Waals surface area contributed by atoms with Gasteiger partial charge in [0.2, 0.25) is 0 Å². The van der Waals surface area contributed by atoms with Gasteiger partial charge >= 0.3 is 0 Å². The van der Waals surface area contributed by atoms with Crippen LogP contribution in [0.4, 0.5) is 4.39 Å². The molecule has 0 bridgehead atoms. The highest BCUT2D eigenvalue weighted by Crippen LogP contribution is 2.36. The van der Waals surface area contributed by atoms with Gasteiger partial charge in [0, 0.05) is 5.92 Å². The second kappa shape index (κ2) is 4.57. The normalized spacial score (nSPS) is 24.8. The number of amidine groups is 1. The molecule has 2 atom stereocenters. The monoisotopic (exact) mass is 234 g/mol. The van der Waals surface area contributed by atoms with Crippen molar-refractivity contribution in [3.63, 3.8) is 0 Å². The first kappa shape index (κ1) is 11.6. The summed E-state index contributed by atoms with van der Waals surface area (Å²) in [6.07, 6.45) is 2.73. The van der Waals surface area contributed by atoms with Crippen LogP contribution in [0.2, 0.25) is 0 Å². The van der Waals surface area contributed by atoms with Gasteiger partial charge in [0.25, 0.3) is 0 Å². The van der Waals surface area contributed by atoms with Crippen molar-refractivity contribution in [1.82, 2.24) is 0 Å². The summed E-state index contributed by atoms with van der Waals surface area (Å²) >= 11 is 0. The lowest BCUT2D eigenvalue weighted by Crippen LogP contribution is -2.25. The molecule has 0 aliphatic heterocycles. The van der Waals surface area contributed by atoms with Crippen molar-refractivity contribution < 1.29 is 9.60 Å². The third-order valence-electron chi connectivity index (χ3n) is 3.23. The minimum atomic E-state index is -0.247. The summed E-state index contributed by atoms with van der Waals surface area (Å²) in [4.78, 5) is 0. The highest BCUT2D eigenvalue weighted by atomic mass is 19.1. The Morgan fingerprint density at radius 1 is 1.53 bits per heavy atom. The maximum atomic E-state index is 13.1. The van der Waals surface area contributed by atoms with Gasteiger partial charge in [-0.05, 0) is 35.6 Å². The quantitative estimate of drug-likeness (QED) is 0.357. The Morgan fingerprint density at radius 3 is 2.94 bits per heavy atom. The van der Waals surface area contributed by atoms with Crippen LogP contribution in [0, 0.1) is 17.7 Å². The Balaban J connectivity index is 2.24. The van der Waals surface area contributed by atoms with E-state index in [2.05, 4.69) is 11.2 Å². The molecule has 0 unspecified atom stereocenters. The van der Waals surface area contributed by atoms with Gasteiger partial charge in [-0.25, -0.2) is 4.39 Å². The van der Waals surface area contributed by atoms with E-state index in [0.717, 1.165) is 11.1 Å². The molecule has 0 aromatic heterocycles. The van der Waals surface area contributed by atoms with E-state index >= 15 is 0 Å². The molecular weight excluding hydrogens is 219 g/mol. The largest absolute Gasteiger partial charge is 0.409 e. The molecule has 90 valence electrons. The van der Waals surface area contributed by atoms with Gasteiger partial charge in [0.1, 0.15) is 11.7 Å². The van der Waals surface area contributed by atoms with Crippen LogP contribution >= 0.6 is 0 Å². The molecule has 0 saturated carbocycles. The van der Waals surface area contributed by atoms with Crippen LogP contribution in [0.3, 0.4) is 0 Å². The smallest absolute Gasteiger partial charge is 0.143 e. The fourth-order valence-corrected chi connectivity index (χ4v) is 2.27. The number of allylic oxidation sites excluding steroid dienone is 2. The number of nitrogens with two attached hydrogens (primary N) is 1. The predicted octanol–water partition coefficient (Wildman–Crippen LogP) is 2.61. The average Bonchev–Trinajstić information content (AvgIpc) is 2.70. The fraction of sp³-hybridized carbons (Fsp3) is 0.308. The lowest BCUT2D eigenvalue weighted by molar-refractivity contribution is 0.312. The summed E-state index contributed by atoms with van der Waals surface area (Å²) in [6.45, 7) is 2.01. The molecule has 3 nitrogen and oxygen atoms in total. The van der Waals surface area contributed by atoms with Crippen molar-refractivity contribution in [3.8, 4) is 0 Å². The van der Waals surface area contributed by atoms with Crippen molar-refractivity contribution in [2.45, 2.75) is 13.3 Å². The molecule has 1 aliphatic rings. The molecule has 2 rings (SSSR count). The van der Waals surface area contributed by atoms with E-state index in [-0.39, 0.29) is 23.5 Å². The van der Waals surface area contributed by atoms with Crippen LogP contribution in [-0.2, 0) is 0 Å².